The fourth-order valence-electron chi connectivity index (χ4n) is 7.28. The van der Waals surface area contributed by atoms with E-state index in [-0.39, 0.29) is 56.7 Å². The van der Waals surface area contributed by atoms with Crippen LogP contribution in [0.2, 0.25) is 0 Å². The Balaban J connectivity index is 2.44. The highest BCUT2D eigenvalue weighted by atomic mass is 16.4. The Kier molecular flexibility index (Phi) is 24.5. The molecule has 9 amide bonds. The summed E-state index contributed by atoms with van der Waals surface area (Å²) in [6.45, 7) is 3.27. The van der Waals surface area contributed by atoms with Crippen LogP contribution in [0.5, 0.6) is 5.75 Å². The minimum Gasteiger partial charge on any atom is -0.508 e. The summed E-state index contributed by atoms with van der Waals surface area (Å²) in [4.78, 5) is 158. The maximum atomic E-state index is 14.3. The number of nitrogens with one attached hydrogen (secondary N) is 6. The number of carboxylic acids is 3. The van der Waals surface area contributed by atoms with Crippen molar-refractivity contribution in [2.75, 3.05) is 6.54 Å². The van der Waals surface area contributed by atoms with E-state index in [9.17, 15) is 78.0 Å². The number of aromatic hydroxyl groups is 1. The lowest BCUT2D eigenvalue weighted by atomic mass is 10.0. The topological polar surface area (TPSA) is 462 Å². The van der Waals surface area contributed by atoms with Crippen molar-refractivity contribution < 1.29 is 78.0 Å². The molecule has 0 radical (unpaired) electrons. The minimum atomic E-state index is -2.01. The maximum absolute atomic E-state index is 14.3. The Morgan fingerprint density at radius 3 is 1.79 bits per heavy atom. The fourth-order valence-corrected chi connectivity index (χ4v) is 7.28. The molecule has 1 aliphatic rings. The van der Waals surface area contributed by atoms with E-state index in [1.165, 1.54) is 24.3 Å². The summed E-state index contributed by atoms with van der Waals surface area (Å²) in [6, 6.07) is -7.39. The molecule has 392 valence electrons. The van der Waals surface area contributed by atoms with Gasteiger partial charge < -0.3 is 68.7 Å². The van der Waals surface area contributed by atoms with Crippen molar-refractivity contribution in [2.24, 2.45) is 22.5 Å². The highest BCUT2D eigenvalue weighted by Gasteiger charge is 2.41. The van der Waals surface area contributed by atoms with Crippen LogP contribution in [-0.2, 0) is 64.0 Å². The Hall–Kier alpha value is -8.47. The van der Waals surface area contributed by atoms with Gasteiger partial charge in [-0.05, 0) is 67.7 Å². The lowest BCUT2D eigenvalue weighted by Crippen LogP contribution is -2.60. The van der Waals surface area contributed by atoms with Crippen LogP contribution < -0.4 is 43.4 Å². The number of phenols is 1. The number of nitrogens with two attached hydrogens (primary N) is 2. The number of amides is 9. The Morgan fingerprint density at radius 2 is 1.25 bits per heavy atom. The molecule has 0 saturated carbocycles. The number of carboxylic acid groups (broad SMARTS) is 3. The average Bonchev–Trinajstić information content (AvgIpc) is 3.80. The van der Waals surface area contributed by atoms with Gasteiger partial charge in [0.25, 0.3) is 0 Å². The van der Waals surface area contributed by atoms with Crippen LogP contribution >= 0.6 is 0 Å². The van der Waals surface area contributed by atoms with Crippen LogP contribution in [0.4, 0.5) is 0 Å². The first-order valence-electron chi connectivity index (χ1n) is 22.5. The zero-order valence-corrected chi connectivity index (χ0v) is 39.4. The predicted octanol–water partition coefficient (Wildman–Crippen LogP) is -2.46. The molecule has 1 heterocycles. The molecule has 1 aromatic carbocycles. The number of hydrogen-bond donors (Lipinski definition) is 12. The first-order valence-corrected chi connectivity index (χ1v) is 22.5. The van der Waals surface area contributed by atoms with E-state index in [2.05, 4.69) is 47.8 Å². The molecule has 0 aromatic heterocycles. The third kappa shape index (κ3) is 20.6. The summed E-state index contributed by atoms with van der Waals surface area (Å²) in [5, 5.41) is 55.8. The van der Waals surface area contributed by atoms with Gasteiger partial charge in [-0.1, -0.05) is 31.1 Å². The number of carbonyl (C=O) groups is 12. The summed E-state index contributed by atoms with van der Waals surface area (Å²) in [5.74, 6) is -11.9. The number of aliphatic carboxylic acids is 3. The van der Waals surface area contributed by atoms with Crippen LogP contribution in [0.1, 0.15) is 90.0 Å². The Labute approximate surface area is 411 Å². The molecule has 1 aromatic rings. The number of azide groups is 1. The smallest absolute Gasteiger partial charge is 0.305 e. The Bertz CT molecular complexity index is 2280. The quantitative estimate of drug-likeness (QED) is 0.0159. The number of terminal acetylenes is 1. The normalized spacial score (nSPS) is 15.8. The number of likely N-dealkylation sites (tertiary alicyclic amines) is 1. The summed E-state index contributed by atoms with van der Waals surface area (Å²) >= 11 is 0. The van der Waals surface area contributed by atoms with Gasteiger partial charge in [-0.2, -0.15) is 0 Å². The van der Waals surface area contributed by atoms with Crippen molar-refractivity contribution in [3.8, 4) is 18.1 Å². The van der Waals surface area contributed by atoms with Crippen LogP contribution in [0.15, 0.2) is 29.4 Å². The second-order valence-corrected chi connectivity index (χ2v) is 17.1. The molecule has 72 heavy (non-hydrogen) atoms. The second kappa shape index (κ2) is 29.5. The molecule has 0 spiro atoms. The van der Waals surface area contributed by atoms with Gasteiger partial charge in [0.1, 0.15) is 54.1 Å². The molecule has 1 fully saturated rings. The maximum Gasteiger partial charge on any atom is 0.305 e. The molecular formula is C44H60N12O16. The summed E-state index contributed by atoms with van der Waals surface area (Å²) in [5.41, 5.74) is 19.8. The highest BCUT2D eigenvalue weighted by Crippen LogP contribution is 2.21. The van der Waals surface area contributed by atoms with E-state index in [1.807, 2.05) is 0 Å². The van der Waals surface area contributed by atoms with Gasteiger partial charge in [-0.3, -0.25) is 57.5 Å². The van der Waals surface area contributed by atoms with E-state index >= 15 is 0 Å². The van der Waals surface area contributed by atoms with E-state index in [0.29, 0.717) is 5.56 Å². The molecule has 0 aliphatic carbocycles. The van der Waals surface area contributed by atoms with Gasteiger partial charge in [-0.15, -0.1) is 12.3 Å². The molecule has 1 saturated heterocycles. The van der Waals surface area contributed by atoms with Crippen LogP contribution in [0.25, 0.3) is 10.4 Å². The van der Waals surface area contributed by atoms with Gasteiger partial charge in [0.05, 0.1) is 6.42 Å². The van der Waals surface area contributed by atoms with Crippen molar-refractivity contribution in [3.63, 3.8) is 0 Å². The number of hydrogen-bond acceptors (Lipinski definition) is 14. The molecule has 28 heteroatoms. The average molecular weight is 1010 g/mol. The molecule has 28 nitrogen and oxygen atoms in total. The highest BCUT2D eigenvalue weighted by molar-refractivity contribution is 5.99. The Morgan fingerprint density at radius 1 is 0.722 bits per heavy atom. The zero-order valence-electron chi connectivity index (χ0n) is 39.4. The fraction of sp³-hybridized carbons (Fsp3) is 0.545. The number of primary amides is 2. The first kappa shape index (κ1) is 59.7. The largest absolute Gasteiger partial charge is 0.508 e. The van der Waals surface area contributed by atoms with Crippen molar-refractivity contribution in [2.45, 2.75) is 139 Å². The van der Waals surface area contributed by atoms with Gasteiger partial charge in [0.2, 0.25) is 53.2 Å². The second-order valence-electron chi connectivity index (χ2n) is 17.1. The van der Waals surface area contributed by atoms with Crippen molar-refractivity contribution in [1.82, 2.24) is 36.8 Å². The lowest BCUT2D eigenvalue weighted by Gasteiger charge is -2.31. The minimum absolute atomic E-state index is 0.00455. The van der Waals surface area contributed by atoms with Crippen molar-refractivity contribution in [1.29, 1.82) is 0 Å². The molecule has 8 atom stereocenters. The monoisotopic (exact) mass is 1010 g/mol. The van der Waals surface area contributed by atoms with Crippen LogP contribution in [0.3, 0.4) is 0 Å². The van der Waals surface area contributed by atoms with Gasteiger partial charge in [0.15, 0.2) is 0 Å². The number of benzene rings is 1. The molecular weight excluding hydrogens is 953 g/mol. The summed E-state index contributed by atoms with van der Waals surface area (Å²) < 4.78 is 0. The van der Waals surface area contributed by atoms with Gasteiger partial charge in [0, 0.05) is 43.6 Å². The van der Waals surface area contributed by atoms with Crippen molar-refractivity contribution in [3.05, 3.63) is 40.3 Å². The van der Waals surface area contributed by atoms with Crippen LogP contribution in [0, 0.1) is 18.3 Å². The molecule has 0 bridgehead atoms. The van der Waals surface area contributed by atoms with E-state index < -0.39 is 158 Å². The standard InChI is InChI=1S/C44H60N12O16/c1-4-6-25(37(46)65)48-38(66)26(13-16-34(59)60)49-40(68)29(19-22(2)3)53-43(71)32-7-5-18-56(32)44(72)28(14-17-35(61)62)50-42(70)31(21-36(63)64)52-41(69)30(20-23-8-10-24(57)11-9-23)51-39(67)27(54-55-47)12-15-33(45)58/h1,8-11,22,25-32,57H,5-7,12-21H2,2-3H3,(H2,45,58)(H2,46,65)(H,48,66)(H,49,68)(H,50,70)(H,51,67)(H,52,69)(H,53,71)(H,59,60)(H,61,62)(H,63,64)/t25-,26-,27-,28-,29-,30-,31-,32-/m0/s1. The van der Waals surface area contributed by atoms with Gasteiger partial charge in [-0.25, -0.2) is 0 Å². The molecule has 2 rings (SSSR count). The SMILES string of the molecule is C#CC[C@H](NC(=O)[C@H](CCC(=O)O)NC(=O)[C@H](CC(C)C)NC(=O)[C@@H]1CCCN1C(=O)[C@H](CCC(=O)O)NC(=O)[C@H](CC(=O)O)NC(=O)[C@H](Cc1ccc(O)cc1)NC(=O)[C@H](CCC(N)=O)N=[N+]=[N-])C(N)=O. The predicted molar refractivity (Wildman–Crippen MR) is 248 cm³/mol. The molecule has 1 aliphatic heterocycles. The van der Waals surface area contributed by atoms with E-state index in [4.69, 9.17) is 23.4 Å². The van der Waals surface area contributed by atoms with E-state index in [1.54, 1.807) is 13.8 Å². The van der Waals surface area contributed by atoms with Gasteiger partial charge >= 0.3 is 17.9 Å². The summed E-state index contributed by atoms with van der Waals surface area (Å²) in [7, 11) is 0. The third-order valence-corrected chi connectivity index (χ3v) is 10.9. The van der Waals surface area contributed by atoms with Crippen molar-refractivity contribution >= 4 is 71.1 Å². The number of rotatable bonds is 31. The summed E-state index contributed by atoms with van der Waals surface area (Å²) in [6.07, 6.45) is 0.399. The van der Waals surface area contributed by atoms with E-state index in [0.717, 1.165) is 4.90 Å². The molecule has 0 unspecified atom stereocenters. The number of carbonyl (C=O) groups excluding carboxylic acids is 9. The first-order chi connectivity index (χ1) is 33.9. The molecule has 14 N–H and O–H groups in total. The number of phenolic OH excluding ortho intramolecular Hbond substituents is 1. The lowest BCUT2D eigenvalue weighted by molar-refractivity contribution is -0.144. The zero-order chi connectivity index (χ0) is 54.2. The third-order valence-electron chi connectivity index (χ3n) is 10.9. The van der Waals surface area contributed by atoms with Crippen LogP contribution in [-0.4, -0.2) is 151 Å². The number of nitrogens with zero attached hydrogens (tertiary/aromatic N) is 4.